The van der Waals surface area contributed by atoms with Crippen LogP contribution >= 0.6 is 0 Å². The van der Waals surface area contributed by atoms with Gasteiger partial charge in [0.15, 0.2) is 5.56 Å². The minimum atomic E-state index is -0.621. The van der Waals surface area contributed by atoms with Crippen molar-refractivity contribution in [3.63, 3.8) is 0 Å². The number of fused-ring (bicyclic) bond motifs is 2. The molecule has 0 saturated heterocycles. The van der Waals surface area contributed by atoms with E-state index in [1.807, 2.05) is 13.8 Å². The molecule has 1 aliphatic carbocycles. The molecule has 2 aliphatic rings. The van der Waals surface area contributed by atoms with E-state index in [-0.39, 0.29) is 35.8 Å². The van der Waals surface area contributed by atoms with E-state index in [1.165, 1.54) is 27.3 Å². The average molecular weight is 494 g/mol. The number of carbonyl (C=O) groups is 2. The van der Waals surface area contributed by atoms with Crippen LogP contribution in [0.2, 0.25) is 0 Å². The van der Waals surface area contributed by atoms with Gasteiger partial charge in [0.05, 0.1) is 5.69 Å². The van der Waals surface area contributed by atoms with Gasteiger partial charge in [-0.25, -0.2) is 4.39 Å². The Morgan fingerprint density at radius 2 is 2.06 bits per heavy atom. The smallest absolute Gasteiger partial charge is 0.270 e. The number of rotatable bonds is 6. The molecule has 9 nitrogen and oxygen atoms in total. The van der Waals surface area contributed by atoms with Gasteiger partial charge in [0.2, 0.25) is 5.88 Å². The van der Waals surface area contributed by atoms with Gasteiger partial charge in [0.1, 0.15) is 11.5 Å². The molecular weight excluding hydrogens is 465 g/mol. The van der Waals surface area contributed by atoms with Gasteiger partial charge in [-0.3, -0.25) is 19.0 Å². The maximum Gasteiger partial charge on any atom is 0.270 e. The lowest BCUT2D eigenvalue weighted by Gasteiger charge is -2.16. The van der Waals surface area contributed by atoms with Gasteiger partial charge in [-0.05, 0) is 61.9 Å². The molecule has 0 atom stereocenters. The molecular formula is C26H28FN5O4. The van der Waals surface area contributed by atoms with Crippen LogP contribution in [0.1, 0.15) is 53.9 Å². The van der Waals surface area contributed by atoms with E-state index in [9.17, 15) is 23.9 Å². The fourth-order valence-corrected chi connectivity index (χ4v) is 4.62. The van der Waals surface area contributed by atoms with E-state index in [2.05, 4.69) is 10.4 Å². The number of benzene rings is 1. The highest BCUT2D eigenvalue weighted by atomic mass is 19.1. The molecule has 0 spiro atoms. The quantitative estimate of drug-likeness (QED) is 0.514. The van der Waals surface area contributed by atoms with Gasteiger partial charge in [-0.1, -0.05) is 13.8 Å². The first-order chi connectivity index (χ1) is 17.2. The Kier molecular flexibility index (Phi) is 5.89. The SMILES string of the molecule is Cc1nn2c(O)c(C(=O)NC3CC3)c(=O)n(CC(C)C)c2c1/C=C/C(=O)N1CCc2cc(F)ccc21. The van der Waals surface area contributed by atoms with Crippen molar-refractivity contribution >= 4 is 29.2 Å². The van der Waals surface area contributed by atoms with Crippen LogP contribution in [0.5, 0.6) is 5.88 Å². The fraction of sp³-hybridized carbons (Fsp3) is 0.385. The Bertz CT molecular complexity index is 1480. The summed E-state index contributed by atoms with van der Waals surface area (Å²) in [4.78, 5) is 40.8. The summed E-state index contributed by atoms with van der Waals surface area (Å²) in [6.45, 7) is 6.31. The first-order valence-electron chi connectivity index (χ1n) is 12.1. The minimum Gasteiger partial charge on any atom is -0.492 e. The molecule has 0 bridgehead atoms. The molecule has 2 N–H and O–H groups in total. The van der Waals surface area contributed by atoms with E-state index in [1.54, 1.807) is 24.0 Å². The van der Waals surface area contributed by atoms with Gasteiger partial charge < -0.3 is 15.3 Å². The molecule has 2 aromatic heterocycles. The zero-order chi connectivity index (χ0) is 25.7. The van der Waals surface area contributed by atoms with Gasteiger partial charge in [-0.15, -0.1) is 0 Å². The van der Waals surface area contributed by atoms with E-state index < -0.39 is 17.3 Å². The molecule has 1 aromatic carbocycles. The maximum absolute atomic E-state index is 13.6. The lowest BCUT2D eigenvalue weighted by atomic mass is 10.1. The summed E-state index contributed by atoms with van der Waals surface area (Å²) in [5.74, 6) is -1.72. The Morgan fingerprint density at radius 3 is 2.75 bits per heavy atom. The van der Waals surface area contributed by atoms with Crippen molar-refractivity contribution < 1.29 is 19.1 Å². The normalized spacial score (nSPS) is 15.3. The number of halogens is 1. The summed E-state index contributed by atoms with van der Waals surface area (Å²) >= 11 is 0. The first-order valence-corrected chi connectivity index (χ1v) is 12.1. The second-order valence-corrected chi connectivity index (χ2v) is 9.84. The molecule has 0 radical (unpaired) electrons. The molecule has 1 saturated carbocycles. The van der Waals surface area contributed by atoms with Gasteiger partial charge in [-0.2, -0.15) is 9.61 Å². The zero-order valence-electron chi connectivity index (χ0n) is 20.4. The van der Waals surface area contributed by atoms with Crippen molar-refractivity contribution in [2.45, 2.75) is 52.6 Å². The average Bonchev–Trinajstić information content (AvgIpc) is 3.42. The van der Waals surface area contributed by atoms with Crippen LogP contribution in [0.15, 0.2) is 29.1 Å². The Labute approximate surface area is 206 Å². The van der Waals surface area contributed by atoms with Crippen molar-refractivity contribution in [1.29, 1.82) is 0 Å². The van der Waals surface area contributed by atoms with Crippen LogP contribution in [-0.4, -0.2) is 43.7 Å². The molecule has 3 aromatic rings. The lowest BCUT2D eigenvalue weighted by Crippen LogP contribution is -2.36. The summed E-state index contributed by atoms with van der Waals surface area (Å²) in [5, 5.41) is 18.1. The second kappa shape index (κ2) is 8.92. The standard InChI is InChI=1S/C26H28FN5O4/c1-14(2)13-31-24-19(7-9-21(33)30-11-10-16-12-17(27)4-8-20(16)30)15(3)29-32(24)26(36)22(25(31)35)23(34)28-18-5-6-18/h4,7-9,12,14,18,36H,5-6,10-11,13H2,1-3H3,(H,28,34)/b9-7+. The summed E-state index contributed by atoms with van der Waals surface area (Å²) < 4.78 is 16.2. The highest BCUT2D eigenvalue weighted by Gasteiger charge is 2.30. The number of amides is 2. The predicted octanol–water partition coefficient (Wildman–Crippen LogP) is 2.80. The van der Waals surface area contributed by atoms with Crippen LogP contribution in [0.25, 0.3) is 11.7 Å². The number of nitrogens with one attached hydrogen (secondary N) is 1. The largest absolute Gasteiger partial charge is 0.492 e. The Hall–Kier alpha value is -3.95. The summed E-state index contributed by atoms with van der Waals surface area (Å²) in [7, 11) is 0. The molecule has 0 unspecified atom stereocenters. The van der Waals surface area contributed by atoms with Gasteiger partial charge in [0, 0.05) is 36.5 Å². The third kappa shape index (κ3) is 4.16. The monoisotopic (exact) mass is 493 g/mol. The highest BCUT2D eigenvalue weighted by molar-refractivity contribution is 6.05. The van der Waals surface area contributed by atoms with Crippen molar-refractivity contribution in [2.75, 3.05) is 11.4 Å². The molecule has 1 fully saturated rings. The predicted molar refractivity (Wildman–Crippen MR) is 133 cm³/mol. The van der Waals surface area contributed by atoms with Crippen molar-refractivity contribution in [3.8, 4) is 5.88 Å². The molecule has 36 heavy (non-hydrogen) atoms. The number of nitrogens with zero attached hydrogens (tertiary/aromatic N) is 4. The van der Waals surface area contributed by atoms with E-state index in [0.29, 0.717) is 35.6 Å². The topological polar surface area (TPSA) is 109 Å². The summed E-state index contributed by atoms with van der Waals surface area (Å²) in [6.07, 6.45) is 5.21. The number of anilines is 1. The first kappa shape index (κ1) is 23.8. The van der Waals surface area contributed by atoms with Crippen LogP contribution in [0.4, 0.5) is 10.1 Å². The Morgan fingerprint density at radius 1 is 1.31 bits per heavy atom. The van der Waals surface area contributed by atoms with Gasteiger partial charge >= 0.3 is 0 Å². The number of aromatic hydroxyl groups is 1. The number of aryl methyl sites for hydroxylation is 1. The lowest BCUT2D eigenvalue weighted by molar-refractivity contribution is -0.114. The van der Waals surface area contributed by atoms with Crippen molar-refractivity contribution in [2.24, 2.45) is 5.92 Å². The molecule has 10 heteroatoms. The third-order valence-corrected chi connectivity index (χ3v) is 6.50. The van der Waals surface area contributed by atoms with E-state index >= 15 is 0 Å². The molecule has 3 heterocycles. The van der Waals surface area contributed by atoms with Crippen LogP contribution in [-0.2, 0) is 17.8 Å². The second-order valence-electron chi connectivity index (χ2n) is 9.84. The van der Waals surface area contributed by atoms with E-state index in [0.717, 1.165) is 18.4 Å². The minimum absolute atomic E-state index is 0.0154. The zero-order valence-corrected chi connectivity index (χ0v) is 20.4. The van der Waals surface area contributed by atoms with Crippen molar-refractivity contribution in [3.05, 3.63) is 62.8 Å². The third-order valence-electron chi connectivity index (χ3n) is 6.50. The summed E-state index contributed by atoms with van der Waals surface area (Å²) in [5.41, 5.74) is 1.77. The number of hydrogen-bond donors (Lipinski definition) is 2. The van der Waals surface area contributed by atoms with E-state index in [4.69, 9.17) is 0 Å². The highest BCUT2D eigenvalue weighted by Crippen LogP contribution is 2.29. The molecule has 2 amide bonds. The molecule has 1 aliphatic heterocycles. The van der Waals surface area contributed by atoms with Crippen LogP contribution in [0.3, 0.4) is 0 Å². The number of hydrogen-bond acceptors (Lipinski definition) is 5. The Balaban J connectivity index is 1.57. The van der Waals surface area contributed by atoms with Crippen LogP contribution in [0, 0.1) is 18.7 Å². The number of aromatic nitrogens is 3. The maximum atomic E-state index is 13.6. The number of carbonyl (C=O) groups excluding carboxylic acids is 2. The fourth-order valence-electron chi connectivity index (χ4n) is 4.62. The van der Waals surface area contributed by atoms with Gasteiger partial charge in [0.25, 0.3) is 17.4 Å². The molecule has 5 rings (SSSR count). The van der Waals surface area contributed by atoms with Crippen molar-refractivity contribution in [1.82, 2.24) is 19.5 Å². The molecule has 188 valence electrons. The summed E-state index contributed by atoms with van der Waals surface area (Å²) in [6, 6.07) is 4.37. The van der Waals surface area contributed by atoms with Crippen LogP contribution < -0.4 is 15.8 Å².